The fraction of sp³-hybridized carbons (Fsp3) is 0.167. The van der Waals surface area contributed by atoms with Crippen LogP contribution in [0.2, 0.25) is 0 Å². The van der Waals surface area contributed by atoms with E-state index in [0.717, 1.165) is 12.1 Å². The van der Waals surface area contributed by atoms with Crippen LogP contribution in [0.15, 0.2) is 22.7 Å². The maximum Gasteiger partial charge on any atom is 0.312 e. The average molecular weight is 357 g/mol. The molecule has 2 aromatic rings. The minimum atomic E-state index is -0.666. The number of halogens is 2. The van der Waals surface area contributed by atoms with Crippen LogP contribution in [-0.2, 0) is 6.61 Å². The molecule has 0 saturated heterocycles. The number of rotatable bonds is 4. The number of nitro groups is 1. The number of ether oxygens (including phenoxy) is 1. The minimum Gasteiger partial charge on any atom is -0.479 e. The number of hydrogen-bond acceptors (Lipinski definition) is 6. The number of aryl methyl sites for hydroxylation is 1. The van der Waals surface area contributed by atoms with E-state index >= 15 is 0 Å². The molecule has 1 aromatic heterocycles. The molecule has 2 N–H and O–H groups in total. The van der Waals surface area contributed by atoms with Crippen LogP contribution in [0.3, 0.4) is 0 Å². The molecule has 7 nitrogen and oxygen atoms in total. The lowest BCUT2D eigenvalue weighted by Gasteiger charge is -2.08. The van der Waals surface area contributed by atoms with Gasteiger partial charge in [0.2, 0.25) is 5.75 Å². The van der Waals surface area contributed by atoms with Crippen LogP contribution < -0.4 is 10.5 Å². The third-order valence-electron chi connectivity index (χ3n) is 2.48. The lowest BCUT2D eigenvalue weighted by molar-refractivity contribution is -0.386. The van der Waals surface area contributed by atoms with E-state index in [4.69, 9.17) is 10.5 Å². The number of nitro benzene ring substituents is 1. The van der Waals surface area contributed by atoms with Crippen molar-refractivity contribution in [3.8, 4) is 5.75 Å². The first-order valence-electron chi connectivity index (χ1n) is 5.73. The molecule has 0 spiro atoms. The van der Waals surface area contributed by atoms with E-state index < -0.39 is 10.7 Å². The summed E-state index contributed by atoms with van der Waals surface area (Å²) in [7, 11) is 0. The van der Waals surface area contributed by atoms with Gasteiger partial charge in [0.1, 0.15) is 18.2 Å². The van der Waals surface area contributed by atoms with Gasteiger partial charge in [-0.15, -0.1) is 0 Å². The van der Waals surface area contributed by atoms with Crippen LogP contribution in [-0.4, -0.2) is 14.9 Å². The predicted octanol–water partition coefficient (Wildman–Crippen LogP) is 2.76. The molecule has 1 heterocycles. The molecule has 21 heavy (non-hydrogen) atoms. The van der Waals surface area contributed by atoms with E-state index in [1.165, 1.54) is 0 Å². The van der Waals surface area contributed by atoms with Gasteiger partial charge in [-0.1, -0.05) is 0 Å². The Morgan fingerprint density at radius 2 is 2.14 bits per heavy atom. The number of anilines is 1. The maximum absolute atomic E-state index is 13.5. The monoisotopic (exact) mass is 356 g/mol. The molecule has 0 bridgehead atoms. The number of nitrogen functional groups attached to an aromatic ring is 1. The van der Waals surface area contributed by atoms with Gasteiger partial charge in [0.05, 0.1) is 9.40 Å². The molecule has 0 aliphatic rings. The number of benzene rings is 1. The first-order valence-corrected chi connectivity index (χ1v) is 6.52. The zero-order valence-corrected chi connectivity index (χ0v) is 12.4. The first-order chi connectivity index (χ1) is 9.86. The highest BCUT2D eigenvalue weighted by atomic mass is 79.9. The van der Waals surface area contributed by atoms with Gasteiger partial charge in [-0.3, -0.25) is 10.1 Å². The van der Waals surface area contributed by atoms with Gasteiger partial charge in [0.25, 0.3) is 0 Å². The topological polar surface area (TPSA) is 104 Å². The lowest BCUT2D eigenvalue weighted by Crippen LogP contribution is -2.06. The highest BCUT2D eigenvalue weighted by Crippen LogP contribution is 2.32. The van der Waals surface area contributed by atoms with Gasteiger partial charge in [0.15, 0.2) is 5.82 Å². The quantitative estimate of drug-likeness (QED) is 0.667. The zero-order valence-electron chi connectivity index (χ0n) is 10.8. The minimum absolute atomic E-state index is 0.0161. The summed E-state index contributed by atoms with van der Waals surface area (Å²) in [6.07, 6.45) is 0. The van der Waals surface area contributed by atoms with Crippen molar-refractivity contribution in [2.24, 2.45) is 0 Å². The van der Waals surface area contributed by atoms with Gasteiger partial charge in [0, 0.05) is 23.9 Å². The summed E-state index contributed by atoms with van der Waals surface area (Å²) in [6, 6.07) is 3.54. The van der Waals surface area contributed by atoms with Crippen molar-refractivity contribution < 1.29 is 14.1 Å². The molecule has 2 rings (SSSR count). The van der Waals surface area contributed by atoms with Crippen LogP contribution in [0.5, 0.6) is 5.75 Å². The van der Waals surface area contributed by atoms with Crippen molar-refractivity contribution in [3.05, 3.63) is 50.1 Å². The summed E-state index contributed by atoms with van der Waals surface area (Å²) < 4.78 is 18.7. The molecule has 0 saturated carbocycles. The third-order valence-corrected chi connectivity index (χ3v) is 3.08. The summed E-state index contributed by atoms with van der Waals surface area (Å²) in [5, 5.41) is 10.9. The summed E-state index contributed by atoms with van der Waals surface area (Å²) in [5.41, 5.74) is 5.85. The van der Waals surface area contributed by atoms with Crippen LogP contribution in [0.25, 0.3) is 0 Å². The van der Waals surface area contributed by atoms with E-state index in [-0.39, 0.29) is 34.2 Å². The molecule has 110 valence electrons. The number of aromatic nitrogens is 2. The summed E-state index contributed by atoms with van der Waals surface area (Å²) in [5.74, 6) is -0.354. The average Bonchev–Trinajstić information content (AvgIpc) is 2.38. The highest BCUT2D eigenvalue weighted by molar-refractivity contribution is 9.10. The third kappa shape index (κ3) is 3.63. The Morgan fingerprint density at radius 1 is 1.43 bits per heavy atom. The van der Waals surface area contributed by atoms with Crippen LogP contribution in [0.4, 0.5) is 15.9 Å². The normalized spacial score (nSPS) is 10.4. The fourth-order valence-electron chi connectivity index (χ4n) is 1.64. The molecule has 9 heteroatoms. The molecule has 0 atom stereocenters. The zero-order chi connectivity index (χ0) is 15.6. The Morgan fingerprint density at radius 3 is 2.76 bits per heavy atom. The van der Waals surface area contributed by atoms with Crippen molar-refractivity contribution in [1.29, 1.82) is 0 Å². The van der Waals surface area contributed by atoms with Crippen LogP contribution >= 0.6 is 15.9 Å². The highest BCUT2D eigenvalue weighted by Gasteiger charge is 2.19. The molecule has 0 aliphatic carbocycles. The molecule has 0 aliphatic heterocycles. The van der Waals surface area contributed by atoms with E-state index in [0.29, 0.717) is 5.69 Å². The second-order valence-electron chi connectivity index (χ2n) is 4.13. The van der Waals surface area contributed by atoms with E-state index in [9.17, 15) is 14.5 Å². The summed E-state index contributed by atoms with van der Waals surface area (Å²) in [6.45, 7) is 1.57. The van der Waals surface area contributed by atoms with Gasteiger partial charge in [-0.2, -0.15) is 0 Å². The Labute approximate surface area is 127 Å². The van der Waals surface area contributed by atoms with Crippen molar-refractivity contribution >= 4 is 27.4 Å². The summed E-state index contributed by atoms with van der Waals surface area (Å²) in [4.78, 5) is 18.3. The Hall–Kier alpha value is -2.29. The van der Waals surface area contributed by atoms with Gasteiger partial charge in [-0.05, 0) is 22.9 Å². The molecule has 1 aromatic carbocycles. The second kappa shape index (κ2) is 6.00. The molecular weight excluding hydrogens is 347 g/mol. The SMILES string of the molecule is Cc1cc(N)nc(COc2cc(F)c(Br)cc2[N+](=O)[O-])n1. The Kier molecular flexibility index (Phi) is 4.32. The Bertz CT molecular complexity index is 691. The van der Waals surface area contributed by atoms with Crippen molar-refractivity contribution in [2.45, 2.75) is 13.5 Å². The molecule has 0 amide bonds. The van der Waals surface area contributed by atoms with Crippen LogP contribution in [0, 0.1) is 22.9 Å². The number of hydrogen-bond donors (Lipinski definition) is 1. The standard InChI is InChI=1S/C12H10BrFN4O3/c1-6-2-11(15)17-12(16-6)5-21-10-4-8(14)7(13)3-9(10)18(19)20/h2-4H,5H2,1H3,(H2,15,16,17). The van der Waals surface area contributed by atoms with E-state index in [2.05, 4.69) is 25.9 Å². The maximum atomic E-state index is 13.5. The first kappa shape index (κ1) is 15.1. The van der Waals surface area contributed by atoms with Gasteiger partial charge < -0.3 is 10.5 Å². The van der Waals surface area contributed by atoms with Crippen LogP contribution in [0.1, 0.15) is 11.5 Å². The van der Waals surface area contributed by atoms with E-state index in [1.54, 1.807) is 13.0 Å². The second-order valence-corrected chi connectivity index (χ2v) is 4.98. The smallest absolute Gasteiger partial charge is 0.312 e. The van der Waals surface area contributed by atoms with Crippen molar-refractivity contribution in [3.63, 3.8) is 0 Å². The summed E-state index contributed by atoms with van der Waals surface area (Å²) >= 11 is 2.89. The van der Waals surface area contributed by atoms with E-state index in [1.807, 2.05) is 0 Å². The molecule has 0 radical (unpaired) electrons. The van der Waals surface area contributed by atoms with Gasteiger partial charge >= 0.3 is 5.69 Å². The lowest BCUT2D eigenvalue weighted by atomic mass is 10.3. The number of nitrogens with zero attached hydrogens (tertiary/aromatic N) is 3. The molecule has 0 fully saturated rings. The predicted molar refractivity (Wildman–Crippen MR) is 76.3 cm³/mol. The van der Waals surface area contributed by atoms with Crippen molar-refractivity contribution in [2.75, 3.05) is 5.73 Å². The molecule has 0 unspecified atom stereocenters. The fourth-order valence-corrected chi connectivity index (χ4v) is 1.97. The van der Waals surface area contributed by atoms with Gasteiger partial charge in [-0.25, -0.2) is 14.4 Å². The Balaban J connectivity index is 2.27. The number of nitrogens with two attached hydrogens (primary N) is 1. The molecular formula is C12H10BrFN4O3. The van der Waals surface area contributed by atoms with Crippen molar-refractivity contribution in [1.82, 2.24) is 9.97 Å². The largest absolute Gasteiger partial charge is 0.479 e.